The molecule has 140 valence electrons. The van der Waals surface area contributed by atoms with Crippen LogP contribution in [0.5, 0.6) is 17.2 Å². The van der Waals surface area contributed by atoms with Crippen LogP contribution in [0, 0.1) is 0 Å². The molecule has 26 heavy (non-hydrogen) atoms. The minimum atomic E-state index is 0.494. The van der Waals surface area contributed by atoms with Gasteiger partial charge in [0, 0.05) is 0 Å². The van der Waals surface area contributed by atoms with Gasteiger partial charge in [-0.3, -0.25) is 0 Å². The lowest BCUT2D eigenvalue weighted by molar-refractivity contribution is 0.171. The molecule has 0 aliphatic carbocycles. The number of fused-ring (bicyclic) bond motifs is 1. The predicted molar refractivity (Wildman–Crippen MR) is 106 cm³/mol. The lowest BCUT2D eigenvalue weighted by Gasteiger charge is -2.24. The highest BCUT2D eigenvalue weighted by molar-refractivity contribution is 5.45. The molecule has 2 unspecified atom stereocenters. The Morgan fingerprint density at radius 3 is 2.31 bits per heavy atom. The molecule has 3 nitrogen and oxygen atoms in total. The molecule has 1 aliphatic rings. The van der Waals surface area contributed by atoms with E-state index in [1.54, 1.807) is 0 Å². The van der Waals surface area contributed by atoms with Crippen LogP contribution in [-0.4, -0.2) is 19.8 Å². The zero-order valence-corrected chi connectivity index (χ0v) is 16.2. The van der Waals surface area contributed by atoms with E-state index in [9.17, 15) is 0 Å². The minimum Gasteiger partial charge on any atom is -0.494 e. The molecule has 0 spiro atoms. The number of ether oxygens (including phenoxy) is 3. The first-order valence-corrected chi connectivity index (χ1v) is 9.83. The van der Waals surface area contributed by atoms with E-state index >= 15 is 0 Å². The van der Waals surface area contributed by atoms with Crippen molar-refractivity contribution in [2.75, 3.05) is 19.8 Å². The summed E-state index contributed by atoms with van der Waals surface area (Å²) in [5.41, 5.74) is 2.70. The van der Waals surface area contributed by atoms with E-state index < -0.39 is 0 Å². The van der Waals surface area contributed by atoms with Gasteiger partial charge in [0.05, 0.1) is 6.61 Å². The van der Waals surface area contributed by atoms with Crippen LogP contribution >= 0.6 is 0 Å². The highest BCUT2D eigenvalue weighted by Crippen LogP contribution is 2.37. The van der Waals surface area contributed by atoms with Gasteiger partial charge in [-0.2, -0.15) is 0 Å². The lowest BCUT2D eigenvalue weighted by atomic mass is 9.84. The third kappa shape index (κ3) is 4.51. The second-order valence-electron chi connectivity index (χ2n) is 7.06. The largest absolute Gasteiger partial charge is 0.494 e. The Hall–Kier alpha value is -2.16. The van der Waals surface area contributed by atoms with Crippen molar-refractivity contribution in [1.29, 1.82) is 0 Å². The van der Waals surface area contributed by atoms with Gasteiger partial charge < -0.3 is 14.2 Å². The molecule has 0 saturated heterocycles. The third-order valence-electron chi connectivity index (χ3n) is 5.09. The van der Waals surface area contributed by atoms with Crippen molar-refractivity contribution in [2.45, 2.75) is 51.9 Å². The number of hydrogen-bond donors (Lipinski definition) is 0. The number of hydrogen-bond acceptors (Lipinski definition) is 3. The Bertz CT molecular complexity index is 693. The summed E-state index contributed by atoms with van der Waals surface area (Å²) in [4.78, 5) is 0. The Labute approximate surface area is 157 Å². The molecule has 0 bridgehead atoms. The van der Waals surface area contributed by atoms with E-state index in [1.165, 1.54) is 11.1 Å². The van der Waals surface area contributed by atoms with Crippen LogP contribution < -0.4 is 14.2 Å². The Morgan fingerprint density at radius 2 is 1.62 bits per heavy atom. The molecule has 1 aliphatic heterocycles. The smallest absolute Gasteiger partial charge is 0.161 e. The van der Waals surface area contributed by atoms with Crippen LogP contribution in [0.1, 0.15) is 63.0 Å². The summed E-state index contributed by atoms with van der Waals surface area (Å²) < 4.78 is 17.1. The summed E-state index contributed by atoms with van der Waals surface area (Å²) in [5, 5.41) is 0. The maximum Gasteiger partial charge on any atom is 0.161 e. The highest BCUT2D eigenvalue weighted by Gasteiger charge is 2.19. The third-order valence-corrected chi connectivity index (χ3v) is 5.09. The molecular weight excluding hydrogens is 324 g/mol. The summed E-state index contributed by atoms with van der Waals surface area (Å²) >= 11 is 0. The molecule has 0 fully saturated rings. The van der Waals surface area contributed by atoms with Crippen molar-refractivity contribution in [1.82, 2.24) is 0 Å². The normalized spacial score (nSPS) is 15.3. The monoisotopic (exact) mass is 354 g/mol. The number of rotatable bonds is 8. The fraction of sp³-hybridized carbons (Fsp3) is 0.478. The molecule has 3 heteroatoms. The first kappa shape index (κ1) is 18.6. The van der Waals surface area contributed by atoms with E-state index in [0.717, 1.165) is 43.1 Å². The van der Waals surface area contributed by atoms with Gasteiger partial charge in [-0.1, -0.05) is 39.0 Å². The van der Waals surface area contributed by atoms with Gasteiger partial charge in [-0.25, -0.2) is 0 Å². The zero-order valence-electron chi connectivity index (χ0n) is 16.2. The highest BCUT2D eigenvalue weighted by atomic mass is 16.6. The van der Waals surface area contributed by atoms with E-state index in [2.05, 4.69) is 63.2 Å². The molecule has 2 atom stereocenters. The molecule has 0 saturated carbocycles. The first-order chi connectivity index (χ1) is 12.7. The first-order valence-electron chi connectivity index (χ1n) is 9.83. The van der Waals surface area contributed by atoms with Gasteiger partial charge in [0.1, 0.15) is 19.0 Å². The second-order valence-corrected chi connectivity index (χ2v) is 7.06. The predicted octanol–water partition coefficient (Wildman–Crippen LogP) is 5.93. The molecule has 2 aromatic rings. The summed E-state index contributed by atoms with van der Waals surface area (Å²) in [6.45, 7) is 8.74. The molecule has 0 amide bonds. The minimum absolute atomic E-state index is 0.494. The quantitative estimate of drug-likeness (QED) is 0.587. The van der Waals surface area contributed by atoms with Crippen molar-refractivity contribution < 1.29 is 14.2 Å². The molecule has 3 rings (SSSR count). The Kier molecular flexibility index (Phi) is 6.43. The van der Waals surface area contributed by atoms with Crippen molar-refractivity contribution >= 4 is 0 Å². The van der Waals surface area contributed by atoms with E-state index in [4.69, 9.17) is 14.2 Å². The van der Waals surface area contributed by atoms with Gasteiger partial charge in [-0.15, -0.1) is 0 Å². The molecule has 2 aromatic carbocycles. The van der Waals surface area contributed by atoms with E-state index in [1.807, 2.05) is 0 Å². The molecular formula is C23H30O3. The van der Waals surface area contributed by atoms with E-state index in [-0.39, 0.29) is 0 Å². The second kappa shape index (κ2) is 8.98. The fourth-order valence-electron chi connectivity index (χ4n) is 3.53. The number of benzene rings is 2. The molecule has 0 radical (unpaired) electrons. The van der Waals surface area contributed by atoms with Crippen LogP contribution in [0.4, 0.5) is 0 Å². The topological polar surface area (TPSA) is 27.7 Å². The van der Waals surface area contributed by atoms with Crippen molar-refractivity contribution in [3.8, 4) is 17.2 Å². The van der Waals surface area contributed by atoms with Crippen LogP contribution in [-0.2, 0) is 0 Å². The molecule has 0 N–H and O–H groups in total. The summed E-state index contributed by atoms with van der Waals surface area (Å²) in [5.74, 6) is 3.72. The van der Waals surface area contributed by atoms with Crippen LogP contribution in [0.25, 0.3) is 0 Å². The van der Waals surface area contributed by atoms with Gasteiger partial charge >= 0.3 is 0 Å². The van der Waals surface area contributed by atoms with Crippen LogP contribution in [0.3, 0.4) is 0 Å². The van der Waals surface area contributed by atoms with Gasteiger partial charge in [0.25, 0.3) is 0 Å². The van der Waals surface area contributed by atoms with Crippen LogP contribution in [0.2, 0.25) is 0 Å². The molecule has 0 aromatic heterocycles. The van der Waals surface area contributed by atoms with Crippen molar-refractivity contribution in [3.63, 3.8) is 0 Å². The maximum absolute atomic E-state index is 5.75. The van der Waals surface area contributed by atoms with Crippen molar-refractivity contribution in [2.24, 2.45) is 0 Å². The molecule has 1 heterocycles. The van der Waals surface area contributed by atoms with Crippen molar-refractivity contribution in [3.05, 3.63) is 53.6 Å². The van der Waals surface area contributed by atoms with Gasteiger partial charge in [0.15, 0.2) is 11.5 Å². The standard InChI is InChI=1S/C23H30O3/c1-4-12-24-21-9-6-19(7-10-21)17(3)15-18(5-2)20-8-11-22-23(16-20)26-14-13-25-22/h6-11,16-18H,4-5,12-15H2,1-3H3. The average molecular weight is 354 g/mol. The lowest BCUT2D eigenvalue weighted by Crippen LogP contribution is -2.15. The average Bonchev–Trinajstić information content (AvgIpc) is 2.70. The fourth-order valence-corrected chi connectivity index (χ4v) is 3.53. The maximum atomic E-state index is 5.75. The van der Waals surface area contributed by atoms with E-state index in [0.29, 0.717) is 25.0 Å². The summed E-state index contributed by atoms with van der Waals surface area (Å²) in [6, 6.07) is 15.0. The van der Waals surface area contributed by atoms with Gasteiger partial charge in [-0.05, 0) is 66.5 Å². The Morgan fingerprint density at radius 1 is 0.923 bits per heavy atom. The van der Waals surface area contributed by atoms with Crippen LogP contribution in [0.15, 0.2) is 42.5 Å². The summed E-state index contributed by atoms with van der Waals surface area (Å²) in [6.07, 6.45) is 3.26. The van der Waals surface area contributed by atoms with Gasteiger partial charge in [0.2, 0.25) is 0 Å². The SMILES string of the molecule is CCCOc1ccc(C(C)CC(CC)c2ccc3c(c2)OCCO3)cc1. The Balaban J connectivity index is 1.67. The summed E-state index contributed by atoms with van der Waals surface area (Å²) in [7, 11) is 0. The zero-order chi connectivity index (χ0) is 18.4.